The van der Waals surface area contributed by atoms with E-state index in [2.05, 4.69) is 30.0 Å². The molecule has 0 spiro atoms. The molecule has 2 unspecified atom stereocenters. The van der Waals surface area contributed by atoms with Crippen LogP contribution in [-0.2, 0) is 10.0 Å². The van der Waals surface area contributed by atoms with E-state index in [1.54, 1.807) is 24.5 Å². The molecule has 4 aromatic heterocycles. The summed E-state index contributed by atoms with van der Waals surface area (Å²) in [5.41, 5.74) is 3.20. The molecule has 32 heavy (non-hydrogen) atoms. The Labute approximate surface area is 189 Å². The van der Waals surface area contributed by atoms with Crippen LogP contribution in [0.5, 0.6) is 0 Å². The lowest BCUT2D eigenvalue weighted by atomic mass is 9.91. The van der Waals surface area contributed by atoms with Crippen molar-refractivity contribution in [3.8, 4) is 11.1 Å². The van der Waals surface area contributed by atoms with Gasteiger partial charge in [0.1, 0.15) is 16.5 Å². The van der Waals surface area contributed by atoms with Gasteiger partial charge in [-0.3, -0.25) is 4.98 Å². The highest BCUT2D eigenvalue weighted by molar-refractivity contribution is 7.89. The van der Waals surface area contributed by atoms with E-state index in [1.165, 1.54) is 12.3 Å². The third-order valence-corrected chi connectivity index (χ3v) is 7.12. The monoisotopic (exact) mass is 472 g/mol. The number of fused-ring (bicyclic) bond motifs is 1. The zero-order chi connectivity index (χ0) is 22.1. The summed E-state index contributed by atoms with van der Waals surface area (Å²) < 4.78 is 32.8. The number of sulfonamides is 1. The lowest BCUT2D eigenvalue weighted by Crippen LogP contribution is -2.41. The molecule has 166 valence electrons. The molecule has 4 aromatic rings. The van der Waals surface area contributed by atoms with Gasteiger partial charge in [-0.05, 0) is 55.5 Å². The molecule has 0 aromatic carbocycles. The molecule has 0 amide bonds. The second-order valence-electron chi connectivity index (χ2n) is 7.78. The van der Waals surface area contributed by atoms with Gasteiger partial charge in [0.25, 0.3) is 10.0 Å². The van der Waals surface area contributed by atoms with Crippen molar-refractivity contribution in [2.45, 2.75) is 42.9 Å². The van der Waals surface area contributed by atoms with Crippen LogP contribution in [0.2, 0.25) is 5.15 Å². The number of rotatable bonds is 6. The zero-order valence-electron chi connectivity index (χ0n) is 17.0. The molecular weight excluding hydrogens is 452 g/mol. The first-order valence-electron chi connectivity index (χ1n) is 10.3. The fourth-order valence-electron chi connectivity index (χ4n) is 4.13. The summed E-state index contributed by atoms with van der Waals surface area (Å²) >= 11 is 6.31. The fraction of sp³-hybridized carbons (Fsp3) is 0.286. The highest BCUT2D eigenvalue weighted by Gasteiger charge is 2.28. The quantitative estimate of drug-likeness (QED) is 0.362. The number of anilines is 1. The van der Waals surface area contributed by atoms with Crippen LogP contribution in [0.1, 0.15) is 25.7 Å². The fourth-order valence-corrected chi connectivity index (χ4v) is 5.54. The van der Waals surface area contributed by atoms with E-state index in [9.17, 15) is 8.42 Å². The molecule has 4 heterocycles. The van der Waals surface area contributed by atoms with Crippen LogP contribution < -0.4 is 10.0 Å². The Bertz CT molecular complexity index is 1340. The van der Waals surface area contributed by atoms with Gasteiger partial charge in [-0.25, -0.2) is 23.1 Å². The van der Waals surface area contributed by atoms with Gasteiger partial charge >= 0.3 is 0 Å². The van der Waals surface area contributed by atoms with Gasteiger partial charge in [-0.1, -0.05) is 11.6 Å². The van der Waals surface area contributed by atoms with Crippen LogP contribution in [0.4, 0.5) is 5.82 Å². The number of nitrogens with one attached hydrogen (secondary N) is 3. The van der Waals surface area contributed by atoms with Crippen LogP contribution in [-0.4, -0.2) is 40.4 Å². The summed E-state index contributed by atoms with van der Waals surface area (Å²) in [6.07, 6.45) is 9.65. The third-order valence-electron chi connectivity index (χ3n) is 5.52. The number of aromatic amines is 1. The number of furan rings is 1. The average molecular weight is 473 g/mol. The first-order chi connectivity index (χ1) is 15.5. The Morgan fingerprint density at radius 2 is 2.00 bits per heavy atom. The minimum atomic E-state index is -3.67. The number of hydrogen-bond acceptors (Lipinski definition) is 7. The van der Waals surface area contributed by atoms with Crippen molar-refractivity contribution in [3.63, 3.8) is 0 Å². The molecule has 5 rings (SSSR count). The largest absolute Gasteiger partial charge is 0.452 e. The normalized spacial score (nSPS) is 19.3. The Morgan fingerprint density at radius 3 is 2.84 bits per heavy atom. The van der Waals surface area contributed by atoms with Crippen LogP contribution >= 0.6 is 11.6 Å². The Balaban J connectivity index is 1.33. The van der Waals surface area contributed by atoms with Gasteiger partial charge < -0.3 is 14.7 Å². The molecule has 0 bridgehead atoms. The first kappa shape index (κ1) is 20.9. The molecule has 1 aliphatic rings. The number of nitrogens with zero attached hydrogens (tertiary/aromatic N) is 3. The molecule has 1 fully saturated rings. The van der Waals surface area contributed by atoms with Crippen molar-refractivity contribution < 1.29 is 12.8 Å². The van der Waals surface area contributed by atoms with Gasteiger partial charge in [0.15, 0.2) is 5.65 Å². The van der Waals surface area contributed by atoms with Gasteiger partial charge in [0.2, 0.25) is 5.09 Å². The lowest BCUT2D eigenvalue weighted by Gasteiger charge is -2.30. The van der Waals surface area contributed by atoms with Crippen molar-refractivity contribution in [1.29, 1.82) is 0 Å². The summed E-state index contributed by atoms with van der Waals surface area (Å²) in [5.74, 6) is 0.630. The van der Waals surface area contributed by atoms with Gasteiger partial charge in [0.05, 0.1) is 6.26 Å². The maximum atomic E-state index is 12.5. The van der Waals surface area contributed by atoms with E-state index < -0.39 is 10.0 Å². The second-order valence-corrected chi connectivity index (χ2v) is 9.81. The standard InChI is InChI=1S/C21H21ClN6O3S/c22-17-9-13(16-12-25-21-20(16)23-6-7-24-21)10-18(27-17)26-14-3-1-4-15(11-14)28-32(29,30)19-5-2-8-31-19/h2,5-10,12,14-15,28H,1,3-4,11H2,(H,24,25)(H,26,27). The number of aromatic nitrogens is 4. The molecule has 2 atom stereocenters. The summed E-state index contributed by atoms with van der Waals surface area (Å²) in [7, 11) is -3.67. The van der Waals surface area contributed by atoms with E-state index in [4.69, 9.17) is 16.0 Å². The minimum absolute atomic E-state index is 0.0506. The maximum absolute atomic E-state index is 12.5. The SMILES string of the molecule is O=S(=O)(NC1CCCC(Nc2cc(-c3c[nH]c4nccnc34)cc(Cl)n2)C1)c1ccco1. The van der Waals surface area contributed by atoms with Crippen LogP contribution in [0.3, 0.4) is 0 Å². The van der Waals surface area contributed by atoms with Crippen molar-refractivity contribution in [2.24, 2.45) is 0 Å². The number of hydrogen-bond donors (Lipinski definition) is 3. The van der Waals surface area contributed by atoms with E-state index >= 15 is 0 Å². The van der Waals surface area contributed by atoms with Crippen LogP contribution in [0, 0.1) is 0 Å². The summed E-state index contributed by atoms with van der Waals surface area (Å²) in [4.78, 5) is 16.2. The predicted octanol–water partition coefficient (Wildman–Crippen LogP) is 3.97. The molecule has 0 aliphatic heterocycles. The lowest BCUT2D eigenvalue weighted by molar-refractivity contribution is 0.378. The molecule has 3 N–H and O–H groups in total. The summed E-state index contributed by atoms with van der Waals surface area (Å²) in [5, 5.41) is 3.70. The van der Waals surface area contributed by atoms with E-state index in [0.717, 1.165) is 35.9 Å². The van der Waals surface area contributed by atoms with Crippen LogP contribution in [0.15, 0.2) is 58.6 Å². The van der Waals surface area contributed by atoms with Gasteiger partial charge in [0, 0.05) is 36.2 Å². The van der Waals surface area contributed by atoms with Gasteiger partial charge in [-0.15, -0.1) is 0 Å². The molecular formula is C21H21ClN6O3S. The topological polar surface area (TPSA) is 126 Å². The van der Waals surface area contributed by atoms with Crippen molar-refractivity contribution >= 4 is 38.6 Å². The molecule has 9 nitrogen and oxygen atoms in total. The van der Waals surface area contributed by atoms with Gasteiger partial charge in [-0.2, -0.15) is 0 Å². The number of pyridine rings is 1. The zero-order valence-corrected chi connectivity index (χ0v) is 18.5. The molecule has 0 saturated heterocycles. The minimum Gasteiger partial charge on any atom is -0.452 e. The smallest absolute Gasteiger partial charge is 0.274 e. The van der Waals surface area contributed by atoms with Crippen LogP contribution in [0.25, 0.3) is 22.3 Å². The summed E-state index contributed by atoms with van der Waals surface area (Å²) in [6.45, 7) is 0. The molecule has 1 saturated carbocycles. The van der Waals surface area contributed by atoms with E-state index in [1.807, 2.05) is 12.3 Å². The third kappa shape index (κ3) is 4.34. The van der Waals surface area contributed by atoms with Crippen molar-refractivity contribution in [1.82, 2.24) is 24.7 Å². The van der Waals surface area contributed by atoms with E-state index in [0.29, 0.717) is 23.0 Å². The summed E-state index contributed by atoms with van der Waals surface area (Å²) in [6, 6.07) is 6.55. The van der Waals surface area contributed by atoms with Crippen molar-refractivity contribution in [3.05, 3.63) is 54.3 Å². The number of halogens is 1. The Hall–Kier alpha value is -2.95. The predicted molar refractivity (Wildman–Crippen MR) is 121 cm³/mol. The highest BCUT2D eigenvalue weighted by Crippen LogP contribution is 2.31. The van der Waals surface area contributed by atoms with E-state index in [-0.39, 0.29) is 17.2 Å². The Kier molecular flexibility index (Phi) is 5.58. The number of H-pyrrole nitrogens is 1. The maximum Gasteiger partial charge on any atom is 0.274 e. The average Bonchev–Trinajstić information content (AvgIpc) is 3.44. The molecule has 0 radical (unpaired) electrons. The Morgan fingerprint density at radius 1 is 1.16 bits per heavy atom. The highest BCUT2D eigenvalue weighted by atomic mass is 35.5. The second kappa shape index (κ2) is 8.53. The molecule has 1 aliphatic carbocycles. The van der Waals surface area contributed by atoms with Crippen molar-refractivity contribution in [2.75, 3.05) is 5.32 Å². The first-order valence-corrected chi connectivity index (χ1v) is 12.1. The molecule has 11 heteroatoms.